The zero-order chi connectivity index (χ0) is 15.5. The zero-order valence-electron chi connectivity index (χ0n) is 11.9. The maximum atomic E-state index is 11.1. The molecule has 7 heteroatoms. The molecule has 0 saturated heterocycles. The van der Waals surface area contributed by atoms with Crippen LogP contribution in [0.5, 0.6) is 5.75 Å². The van der Waals surface area contributed by atoms with E-state index in [1.165, 1.54) is 11.8 Å². The Hall–Kier alpha value is -2.54. The average Bonchev–Trinajstić information content (AvgIpc) is 2.91. The van der Waals surface area contributed by atoms with Gasteiger partial charge < -0.3 is 10.5 Å². The van der Waals surface area contributed by atoms with Crippen molar-refractivity contribution in [3.8, 4) is 11.4 Å². The van der Waals surface area contributed by atoms with Gasteiger partial charge in [0.2, 0.25) is 5.91 Å². The Kier molecular flexibility index (Phi) is 3.97. The number of fused-ring (bicyclic) bond motifs is 1. The van der Waals surface area contributed by atoms with Gasteiger partial charge in [-0.05, 0) is 24.3 Å². The molecule has 1 amide bonds. The van der Waals surface area contributed by atoms with E-state index >= 15 is 0 Å². The zero-order valence-corrected chi connectivity index (χ0v) is 12.7. The van der Waals surface area contributed by atoms with Gasteiger partial charge in [0.25, 0.3) is 0 Å². The summed E-state index contributed by atoms with van der Waals surface area (Å²) >= 11 is 1.28. The van der Waals surface area contributed by atoms with E-state index in [4.69, 9.17) is 10.5 Å². The third kappa shape index (κ3) is 2.62. The van der Waals surface area contributed by atoms with Gasteiger partial charge in [-0.2, -0.15) is 0 Å². The van der Waals surface area contributed by atoms with Crippen LogP contribution >= 0.6 is 11.8 Å². The van der Waals surface area contributed by atoms with Gasteiger partial charge in [-0.15, -0.1) is 0 Å². The number of benzene rings is 1. The lowest BCUT2D eigenvalue weighted by atomic mass is 10.3. The molecule has 0 fully saturated rings. The Morgan fingerprint density at radius 1 is 1.32 bits per heavy atom. The van der Waals surface area contributed by atoms with Gasteiger partial charge in [-0.3, -0.25) is 9.36 Å². The normalized spacial score (nSPS) is 10.8. The number of rotatable bonds is 5. The highest BCUT2D eigenvalue weighted by Gasteiger charge is 2.17. The maximum Gasteiger partial charge on any atom is 0.227 e. The van der Waals surface area contributed by atoms with Gasteiger partial charge in [0.1, 0.15) is 11.3 Å². The fourth-order valence-electron chi connectivity index (χ4n) is 2.16. The highest BCUT2D eigenvalue weighted by molar-refractivity contribution is 7.99. The van der Waals surface area contributed by atoms with Gasteiger partial charge in [0, 0.05) is 6.20 Å². The second kappa shape index (κ2) is 6.07. The van der Waals surface area contributed by atoms with E-state index in [0.717, 1.165) is 11.2 Å². The van der Waals surface area contributed by atoms with Crippen molar-refractivity contribution in [2.24, 2.45) is 5.73 Å². The van der Waals surface area contributed by atoms with Crippen molar-refractivity contribution in [1.29, 1.82) is 0 Å². The molecule has 0 aliphatic rings. The van der Waals surface area contributed by atoms with Crippen molar-refractivity contribution in [2.45, 2.75) is 5.16 Å². The van der Waals surface area contributed by atoms with Crippen molar-refractivity contribution in [2.75, 3.05) is 12.9 Å². The van der Waals surface area contributed by atoms with Crippen LogP contribution in [0.1, 0.15) is 0 Å². The maximum absolute atomic E-state index is 11.1. The summed E-state index contributed by atoms with van der Waals surface area (Å²) in [5.41, 5.74) is 7.52. The number of carbonyl (C=O) groups excluding carboxylic acids is 1. The van der Waals surface area contributed by atoms with Gasteiger partial charge in [0.05, 0.1) is 18.6 Å². The number of carbonyl (C=O) groups is 1. The molecular formula is C15H14N4O2S. The van der Waals surface area contributed by atoms with E-state index in [1.807, 2.05) is 41.0 Å². The van der Waals surface area contributed by atoms with Gasteiger partial charge in [0.15, 0.2) is 10.8 Å². The molecule has 2 heterocycles. The fourth-order valence-corrected chi connectivity index (χ4v) is 2.90. The molecule has 0 spiro atoms. The molecule has 0 saturated carbocycles. The highest BCUT2D eigenvalue weighted by Crippen LogP contribution is 2.31. The Labute approximate surface area is 131 Å². The Morgan fingerprint density at radius 2 is 2.14 bits per heavy atom. The molecule has 0 radical (unpaired) electrons. The number of amides is 1. The molecule has 0 aliphatic carbocycles. The predicted molar refractivity (Wildman–Crippen MR) is 85.3 cm³/mol. The van der Waals surface area contributed by atoms with Crippen molar-refractivity contribution in [1.82, 2.24) is 14.5 Å². The van der Waals surface area contributed by atoms with Crippen LogP contribution in [0.2, 0.25) is 0 Å². The molecule has 0 unspecified atom stereocenters. The topological polar surface area (TPSA) is 83.0 Å². The molecule has 3 rings (SSSR count). The number of thioether (sulfide) groups is 1. The van der Waals surface area contributed by atoms with Crippen molar-refractivity contribution < 1.29 is 9.53 Å². The first-order valence-electron chi connectivity index (χ1n) is 6.58. The summed E-state index contributed by atoms with van der Waals surface area (Å²) in [4.78, 5) is 20.0. The van der Waals surface area contributed by atoms with Gasteiger partial charge in [-0.1, -0.05) is 23.9 Å². The Balaban J connectivity index is 2.21. The molecule has 112 valence electrons. The van der Waals surface area contributed by atoms with Crippen LogP contribution in [0.3, 0.4) is 0 Å². The summed E-state index contributed by atoms with van der Waals surface area (Å²) in [6.07, 6.45) is 1.71. The lowest BCUT2D eigenvalue weighted by Gasteiger charge is -2.11. The molecule has 22 heavy (non-hydrogen) atoms. The van der Waals surface area contributed by atoms with Crippen LogP contribution in [0, 0.1) is 0 Å². The first-order chi connectivity index (χ1) is 10.7. The highest BCUT2D eigenvalue weighted by atomic mass is 32.2. The summed E-state index contributed by atoms with van der Waals surface area (Å²) in [6, 6.07) is 11.3. The Bertz CT molecular complexity index is 831. The minimum absolute atomic E-state index is 0.151. The molecule has 0 aliphatic heterocycles. The number of hydrogen-bond acceptors (Lipinski definition) is 5. The number of methoxy groups -OCH3 is 1. The predicted octanol–water partition coefficient (Wildman–Crippen LogP) is 2.01. The second-order valence-corrected chi connectivity index (χ2v) is 5.45. The molecule has 0 atom stereocenters. The number of aromatic nitrogens is 3. The fraction of sp³-hybridized carbons (Fsp3) is 0.133. The summed E-state index contributed by atoms with van der Waals surface area (Å²) in [5, 5.41) is 0.650. The summed E-state index contributed by atoms with van der Waals surface area (Å²) < 4.78 is 7.30. The molecular weight excluding hydrogens is 300 g/mol. The van der Waals surface area contributed by atoms with E-state index < -0.39 is 5.91 Å². The summed E-state index contributed by atoms with van der Waals surface area (Å²) in [5.74, 6) is 0.461. The first-order valence-corrected chi connectivity index (χ1v) is 7.57. The SMILES string of the molecule is COc1ccccc1-n1c(SCC(N)=O)nc2cccnc21. The molecule has 2 aromatic heterocycles. The quantitative estimate of drug-likeness (QED) is 0.728. The van der Waals surface area contributed by atoms with Crippen molar-refractivity contribution >= 4 is 28.8 Å². The third-order valence-electron chi connectivity index (χ3n) is 3.05. The van der Waals surface area contributed by atoms with E-state index in [1.54, 1.807) is 13.3 Å². The monoisotopic (exact) mass is 314 g/mol. The number of nitrogens with two attached hydrogens (primary N) is 1. The van der Waals surface area contributed by atoms with Crippen LogP contribution in [0.15, 0.2) is 47.8 Å². The number of pyridine rings is 1. The molecule has 6 nitrogen and oxygen atoms in total. The largest absolute Gasteiger partial charge is 0.495 e. The van der Waals surface area contributed by atoms with Crippen molar-refractivity contribution in [3.63, 3.8) is 0 Å². The van der Waals surface area contributed by atoms with E-state index in [-0.39, 0.29) is 5.75 Å². The van der Waals surface area contributed by atoms with Crippen LogP contribution < -0.4 is 10.5 Å². The minimum Gasteiger partial charge on any atom is -0.495 e. The molecule has 0 bridgehead atoms. The standard InChI is InChI=1S/C15H14N4O2S/c1-21-12-7-3-2-6-11(12)19-14-10(5-4-8-17-14)18-15(19)22-9-13(16)20/h2-8H,9H2,1H3,(H2,16,20). The average molecular weight is 314 g/mol. The van der Waals surface area contributed by atoms with E-state index in [0.29, 0.717) is 16.6 Å². The minimum atomic E-state index is -0.392. The van der Waals surface area contributed by atoms with E-state index in [9.17, 15) is 4.79 Å². The molecule has 3 aromatic rings. The summed E-state index contributed by atoms with van der Waals surface area (Å²) in [6.45, 7) is 0. The number of nitrogens with zero attached hydrogens (tertiary/aromatic N) is 3. The number of para-hydroxylation sites is 2. The van der Waals surface area contributed by atoms with Crippen LogP contribution in [-0.2, 0) is 4.79 Å². The number of imidazole rings is 1. The molecule has 2 N–H and O–H groups in total. The van der Waals surface area contributed by atoms with E-state index in [2.05, 4.69) is 9.97 Å². The molecule has 1 aromatic carbocycles. The van der Waals surface area contributed by atoms with Gasteiger partial charge in [-0.25, -0.2) is 9.97 Å². The van der Waals surface area contributed by atoms with Crippen LogP contribution in [0.25, 0.3) is 16.9 Å². The number of ether oxygens (including phenoxy) is 1. The third-order valence-corrected chi connectivity index (χ3v) is 4.02. The Morgan fingerprint density at radius 3 is 2.91 bits per heavy atom. The second-order valence-electron chi connectivity index (χ2n) is 4.50. The first kappa shape index (κ1) is 14.4. The van der Waals surface area contributed by atoms with Crippen LogP contribution in [0.4, 0.5) is 0 Å². The lowest BCUT2D eigenvalue weighted by Crippen LogP contribution is -2.13. The smallest absolute Gasteiger partial charge is 0.227 e. The van der Waals surface area contributed by atoms with Crippen molar-refractivity contribution in [3.05, 3.63) is 42.6 Å². The lowest BCUT2D eigenvalue weighted by molar-refractivity contribution is -0.115. The van der Waals surface area contributed by atoms with Gasteiger partial charge >= 0.3 is 0 Å². The number of hydrogen-bond donors (Lipinski definition) is 1. The number of primary amides is 1. The summed E-state index contributed by atoms with van der Waals surface area (Å²) in [7, 11) is 1.61. The van der Waals surface area contributed by atoms with Crippen LogP contribution in [-0.4, -0.2) is 33.3 Å².